The number of carbonyl (C=O) groups excluding carboxylic acids is 2. The van der Waals surface area contributed by atoms with Gasteiger partial charge in [0.2, 0.25) is 5.91 Å². The van der Waals surface area contributed by atoms with Gasteiger partial charge in [-0.05, 0) is 49.6 Å². The van der Waals surface area contributed by atoms with E-state index in [9.17, 15) is 19.7 Å². The number of non-ortho nitro benzene ring substituents is 1. The lowest BCUT2D eigenvalue weighted by Gasteiger charge is -2.23. The zero-order valence-corrected chi connectivity index (χ0v) is 18.3. The number of hydrogen-bond donors (Lipinski definition) is 3. The Balaban J connectivity index is 1.56. The van der Waals surface area contributed by atoms with Crippen molar-refractivity contribution in [1.82, 2.24) is 5.32 Å². The van der Waals surface area contributed by atoms with Crippen molar-refractivity contribution in [2.24, 2.45) is 0 Å². The van der Waals surface area contributed by atoms with Crippen molar-refractivity contribution in [3.8, 4) is 5.75 Å². The number of amides is 2. The number of anilines is 2. The number of nitrogens with zero attached hydrogens (tertiary/aromatic N) is 1. The van der Waals surface area contributed by atoms with Gasteiger partial charge in [-0.15, -0.1) is 0 Å². The van der Waals surface area contributed by atoms with Crippen molar-refractivity contribution in [3.05, 3.63) is 57.6 Å². The molecule has 0 atom stereocenters. The second-order valence-corrected chi connectivity index (χ2v) is 7.88. The molecule has 9 nitrogen and oxygen atoms in total. The monoisotopic (exact) mass is 440 g/mol. The van der Waals surface area contributed by atoms with E-state index in [0.29, 0.717) is 11.3 Å². The highest BCUT2D eigenvalue weighted by atomic mass is 16.6. The maximum Gasteiger partial charge on any atom is 0.273 e. The molecule has 2 aromatic rings. The quantitative estimate of drug-likeness (QED) is 0.421. The molecule has 3 N–H and O–H groups in total. The maximum atomic E-state index is 12.5. The van der Waals surface area contributed by atoms with Gasteiger partial charge in [0, 0.05) is 23.4 Å². The van der Waals surface area contributed by atoms with E-state index in [1.807, 2.05) is 6.92 Å². The van der Waals surface area contributed by atoms with Crippen molar-refractivity contribution >= 4 is 28.9 Å². The molecule has 2 aromatic carbocycles. The van der Waals surface area contributed by atoms with Gasteiger partial charge in [-0.25, -0.2) is 0 Å². The number of carbonyl (C=O) groups is 2. The van der Waals surface area contributed by atoms with Crippen molar-refractivity contribution in [2.75, 3.05) is 24.3 Å². The van der Waals surface area contributed by atoms with Crippen LogP contribution in [0.3, 0.4) is 0 Å². The fourth-order valence-electron chi connectivity index (χ4n) is 3.79. The Labute approximate surface area is 186 Å². The number of rotatable bonds is 8. The topological polar surface area (TPSA) is 123 Å². The molecular weight excluding hydrogens is 412 g/mol. The van der Waals surface area contributed by atoms with Crippen LogP contribution in [0.5, 0.6) is 5.75 Å². The Morgan fingerprint density at radius 3 is 2.47 bits per heavy atom. The smallest absolute Gasteiger partial charge is 0.273 e. The van der Waals surface area contributed by atoms with Gasteiger partial charge in [-0.2, -0.15) is 0 Å². The van der Waals surface area contributed by atoms with Gasteiger partial charge in [-0.1, -0.05) is 19.3 Å². The van der Waals surface area contributed by atoms with E-state index in [2.05, 4.69) is 16.0 Å². The van der Waals surface area contributed by atoms with Gasteiger partial charge in [0.05, 0.1) is 30.3 Å². The summed E-state index contributed by atoms with van der Waals surface area (Å²) in [4.78, 5) is 35.2. The SMILES string of the molecule is COc1cc([N+](=O)[O-])ccc1NC(=O)CNc1ccc(C(=O)NC2CCCCC2)cc1C. The first-order valence-corrected chi connectivity index (χ1v) is 10.6. The molecule has 0 aromatic heterocycles. The Hall–Kier alpha value is -3.62. The number of methoxy groups -OCH3 is 1. The summed E-state index contributed by atoms with van der Waals surface area (Å²) in [7, 11) is 1.38. The summed E-state index contributed by atoms with van der Waals surface area (Å²) in [6.45, 7) is 1.85. The van der Waals surface area contributed by atoms with E-state index in [4.69, 9.17) is 4.74 Å². The lowest BCUT2D eigenvalue weighted by molar-refractivity contribution is -0.384. The number of nitro benzene ring substituents is 1. The summed E-state index contributed by atoms with van der Waals surface area (Å²) in [6, 6.07) is 9.55. The standard InChI is InChI=1S/C23H28N4O5/c1-15-12-16(23(29)25-17-6-4-3-5-7-17)8-10-19(15)24-14-22(28)26-20-11-9-18(27(30)31)13-21(20)32-2/h8-13,17,24H,3-7,14H2,1-2H3,(H,25,29)(H,26,28). The molecule has 0 bridgehead atoms. The minimum Gasteiger partial charge on any atom is -0.494 e. The number of ether oxygens (including phenoxy) is 1. The van der Waals surface area contributed by atoms with Gasteiger partial charge < -0.3 is 20.7 Å². The molecule has 170 valence electrons. The van der Waals surface area contributed by atoms with Crippen LogP contribution in [0.15, 0.2) is 36.4 Å². The predicted octanol–water partition coefficient (Wildman–Crippen LogP) is 4.02. The second-order valence-electron chi connectivity index (χ2n) is 7.88. The molecule has 0 spiro atoms. The number of aryl methyl sites for hydroxylation is 1. The predicted molar refractivity (Wildman–Crippen MR) is 122 cm³/mol. The van der Waals surface area contributed by atoms with E-state index in [0.717, 1.165) is 36.9 Å². The minimum absolute atomic E-state index is 0.0192. The highest BCUT2D eigenvalue weighted by Gasteiger charge is 2.17. The summed E-state index contributed by atoms with van der Waals surface area (Å²) >= 11 is 0. The molecule has 3 rings (SSSR count). The van der Waals surface area contributed by atoms with E-state index in [-0.39, 0.29) is 35.8 Å². The second kappa shape index (κ2) is 10.6. The zero-order valence-electron chi connectivity index (χ0n) is 18.3. The summed E-state index contributed by atoms with van der Waals surface area (Å²) in [5.74, 6) is -0.206. The van der Waals surface area contributed by atoms with Gasteiger partial charge in [0.15, 0.2) is 0 Å². The number of hydrogen-bond acceptors (Lipinski definition) is 6. The third kappa shape index (κ3) is 5.96. The zero-order chi connectivity index (χ0) is 23.1. The molecule has 0 unspecified atom stereocenters. The van der Waals surface area contributed by atoms with Crippen LogP contribution in [-0.2, 0) is 4.79 Å². The van der Waals surface area contributed by atoms with Crippen molar-refractivity contribution in [3.63, 3.8) is 0 Å². The number of benzene rings is 2. The fourth-order valence-corrected chi connectivity index (χ4v) is 3.79. The number of nitrogens with one attached hydrogen (secondary N) is 3. The molecule has 9 heteroatoms. The van der Waals surface area contributed by atoms with Gasteiger partial charge in [0.25, 0.3) is 11.6 Å². The summed E-state index contributed by atoms with van der Waals surface area (Å²) in [6.07, 6.45) is 5.59. The van der Waals surface area contributed by atoms with E-state index in [1.54, 1.807) is 18.2 Å². The first kappa shape index (κ1) is 23.1. The summed E-state index contributed by atoms with van der Waals surface area (Å²) < 4.78 is 5.13. The Morgan fingerprint density at radius 2 is 1.81 bits per heavy atom. The van der Waals surface area contributed by atoms with Gasteiger partial charge >= 0.3 is 0 Å². The molecular formula is C23H28N4O5. The molecule has 1 aliphatic carbocycles. The largest absolute Gasteiger partial charge is 0.494 e. The average molecular weight is 441 g/mol. The summed E-state index contributed by atoms with van der Waals surface area (Å²) in [5, 5.41) is 19.7. The molecule has 2 amide bonds. The van der Waals surface area contributed by atoms with Crippen LogP contribution >= 0.6 is 0 Å². The third-order valence-electron chi connectivity index (χ3n) is 5.54. The summed E-state index contributed by atoms with van der Waals surface area (Å²) in [5.41, 5.74) is 2.41. The third-order valence-corrected chi connectivity index (χ3v) is 5.54. The molecule has 0 heterocycles. The molecule has 32 heavy (non-hydrogen) atoms. The minimum atomic E-state index is -0.530. The van der Waals surface area contributed by atoms with Gasteiger partial charge in [0.1, 0.15) is 5.75 Å². The van der Waals surface area contributed by atoms with Crippen LogP contribution in [0.4, 0.5) is 17.1 Å². The van der Waals surface area contributed by atoms with Crippen LogP contribution in [0.2, 0.25) is 0 Å². The van der Waals surface area contributed by atoms with Crippen LogP contribution in [-0.4, -0.2) is 36.4 Å². The van der Waals surface area contributed by atoms with Crippen LogP contribution in [0, 0.1) is 17.0 Å². The normalized spacial score (nSPS) is 13.8. The molecule has 0 radical (unpaired) electrons. The van der Waals surface area contributed by atoms with E-state index in [1.165, 1.54) is 31.7 Å². The highest BCUT2D eigenvalue weighted by Crippen LogP contribution is 2.29. The lowest BCUT2D eigenvalue weighted by atomic mass is 9.95. The van der Waals surface area contributed by atoms with Crippen molar-refractivity contribution in [2.45, 2.75) is 45.1 Å². The van der Waals surface area contributed by atoms with Gasteiger partial charge in [-0.3, -0.25) is 19.7 Å². The molecule has 1 saturated carbocycles. The maximum absolute atomic E-state index is 12.5. The Morgan fingerprint density at radius 1 is 1.09 bits per heavy atom. The average Bonchev–Trinajstić information content (AvgIpc) is 2.79. The van der Waals surface area contributed by atoms with Crippen molar-refractivity contribution in [1.29, 1.82) is 0 Å². The van der Waals surface area contributed by atoms with E-state index < -0.39 is 4.92 Å². The van der Waals surface area contributed by atoms with Crippen LogP contribution in [0.1, 0.15) is 48.0 Å². The Bertz CT molecular complexity index is 1000. The molecule has 0 saturated heterocycles. The first-order valence-electron chi connectivity index (χ1n) is 10.6. The number of nitro groups is 1. The van der Waals surface area contributed by atoms with Crippen LogP contribution in [0.25, 0.3) is 0 Å². The molecule has 1 aliphatic rings. The van der Waals surface area contributed by atoms with Crippen molar-refractivity contribution < 1.29 is 19.2 Å². The Kier molecular flexibility index (Phi) is 7.64. The van der Waals surface area contributed by atoms with Crippen LogP contribution < -0.4 is 20.7 Å². The highest BCUT2D eigenvalue weighted by molar-refractivity contribution is 5.96. The fraction of sp³-hybridized carbons (Fsp3) is 0.391. The first-order chi connectivity index (χ1) is 15.4. The van der Waals surface area contributed by atoms with E-state index >= 15 is 0 Å². The molecule has 1 fully saturated rings. The molecule has 0 aliphatic heterocycles. The lowest BCUT2D eigenvalue weighted by Crippen LogP contribution is -2.36.